The lowest BCUT2D eigenvalue weighted by molar-refractivity contribution is -0.137. The van der Waals surface area contributed by atoms with E-state index in [4.69, 9.17) is 9.84 Å². The first-order valence-corrected chi connectivity index (χ1v) is 5.19. The van der Waals surface area contributed by atoms with E-state index in [1.807, 2.05) is 0 Å². The van der Waals surface area contributed by atoms with Crippen molar-refractivity contribution in [1.82, 2.24) is 5.32 Å². The fraction of sp³-hybridized carbons (Fsp3) is 0.900. The SMILES string of the molecule is COCCCCCNCCCC(=O)O. The second-order valence-electron chi connectivity index (χ2n) is 3.30. The number of carboxylic acids is 1. The minimum atomic E-state index is -0.716. The lowest BCUT2D eigenvalue weighted by Gasteiger charge is -2.03. The third-order valence-corrected chi connectivity index (χ3v) is 1.95. The van der Waals surface area contributed by atoms with Crippen LogP contribution in [0.4, 0.5) is 0 Å². The smallest absolute Gasteiger partial charge is 0.303 e. The van der Waals surface area contributed by atoms with Crippen molar-refractivity contribution in [1.29, 1.82) is 0 Å². The summed E-state index contributed by atoms with van der Waals surface area (Å²) in [5.41, 5.74) is 0. The summed E-state index contributed by atoms with van der Waals surface area (Å²) < 4.78 is 4.93. The van der Waals surface area contributed by atoms with Crippen LogP contribution in [0.15, 0.2) is 0 Å². The van der Waals surface area contributed by atoms with Gasteiger partial charge < -0.3 is 15.2 Å². The molecule has 0 saturated heterocycles. The van der Waals surface area contributed by atoms with Crippen molar-refractivity contribution in [2.75, 3.05) is 26.8 Å². The molecular weight excluding hydrogens is 182 g/mol. The number of hydrogen-bond acceptors (Lipinski definition) is 3. The van der Waals surface area contributed by atoms with Crippen molar-refractivity contribution in [2.45, 2.75) is 32.1 Å². The molecule has 84 valence electrons. The van der Waals surface area contributed by atoms with E-state index in [0.29, 0.717) is 6.42 Å². The third kappa shape index (κ3) is 11.4. The van der Waals surface area contributed by atoms with Crippen LogP contribution in [-0.4, -0.2) is 37.9 Å². The van der Waals surface area contributed by atoms with Crippen molar-refractivity contribution in [3.05, 3.63) is 0 Å². The van der Waals surface area contributed by atoms with E-state index < -0.39 is 5.97 Å². The highest BCUT2D eigenvalue weighted by molar-refractivity contribution is 5.66. The summed E-state index contributed by atoms with van der Waals surface area (Å²) in [7, 11) is 1.71. The van der Waals surface area contributed by atoms with Crippen LogP contribution >= 0.6 is 0 Å². The Hall–Kier alpha value is -0.610. The molecule has 0 aliphatic heterocycles. The zero-order valence-corrected chi connectivity index (χ0v) is 8.92. The monoisotopic (exact) mass is 203 g/mol. The maximum atomic E-state index is 10.2. The lowest BCUT2D eigenvalue weighted by atomic mass is 10.2. The van der Waals surface area contributed by atoms with Crippen LogP contribution in [0.1, 0.15) is 32.1 Å². The standard InChI is InChI=1S/C10H21NO3/c1-14-9-4-2-3-7-11-8-5-6-10(12)13/h11H,2-9H2,1H3,(H,12,13). The molecule has 0 aliphatic carbocycles. The highest BCUT2D eigenvalue weighted by Gasteiger charge is 1.95. The molecule has 0 bridgehead atoms. The molecule has 14 heavy (non-hydrogen) atoms. The molecule has 0 aromatic carbocycles. The van der Waals surface area contributed by atoms with E-state index in [1.54, 1.807) is 7.11 Å². The minimum absolute atomic E-state index is 0.261. The maximum absolute atomic E-state index is 10.2. The molecule has 0 aliphatic rings. The average Bonchev–Trinajstić information content (AvgIpc) is 2.15. The van der Waals surface area contributed by atoms with Crippen molar-refractivity contribution >= 4 is 5.97 Å². The van der Waals surface area contributed by atoms with Crippen LogP contribution < -0.4 is 5.32 Å². The number of nitrogens with one attached hydrogen (secondary N) is 1. The number of rotatable bonds is 10. The van der Waals surface area contributed by atoms with Gasteiger partial charge in [0.2, 0.25) is 0 Å². The third-order valence-electron chi connectivity index (χ3n) is 1.95. The van der Waals surface area contributed by atoms with Gasteiger partial charge in [-0.1, -0.05) is 0 Å². The number of methoxy groups -OCH3 is 1. The number of carboxylic acid groups (broad SMARTS) is 1. The molecule has 0 rings (SSSR count). The molecule has 4 nitrogen and oxygen atoms in total. The van der Waals surface area contributed by atoms with E-state index in [9.17, 15) is 4.79 Å². The Labute approximate surface area is 85.6 Å². The van der Waals surface area contributed by atoms with Gasteiger partial charge in [0.25, 0.3) is 0 Å². The van der Waals surface area contributed by atoms with Crippen molar-refractivity contribution in [3.8, 4) is 0 Å². The molecule has 0 heterocycles. The largest absolute Gasteiger partial charge is 0.481 e. The van der Waals surface area contributed by atoms with Crippen LogP contribution in [-0.2, 0) is 9.53 Å². The second-order valence-corrected chi connectivity index (χ2v) is 3.30. The molecule has 2 N–H and O–H groups in total. The molecule has 0 atom stereocenters. The molecule has 0 spiro atoms. The van der Waals surface area contributed by atoms with Crippen LogP contribution in [0.5, 0.6) is 0 Å². The lowest BCUT2D eigenvalue weighted by Crippen LogP contribution is -2.17. The Morgan fingerprint density at radius 2 is 1.93 bits per heavy atom. The Bertz CT molecular complexity index is 139. The van der Waals surface area contributed by atoms with Crippen LogP contribution in [0.25, 0.3) is 0 Å². The first-order valence-electron chi connectivity index (χ1n) is 5.19. The zero-order chi connectivity index (χ0) is 10.6. The van der Waals surface area contributed by atoms with Gasteiger partial charge in [-0.05, 0) is 38.8 Å². The first kappa shape index (κ1) is 13.4. The summed E-state index contributed by atoms with van der Waals surface area (Å²) in [6.45, 7) is 2.61. The molecular formula is C10H21NO3. The van der Waals surface area contributed by atoms with Crippen molar-refractivity contribution in [2.24, 2.45) is 0 Å². The average molecular weight is 203 g/mol. The van der Waals surface area contributed by atoms with E-state index in [2.05, 4.69) is 5.32 Å². The van der Waals surface area contributed by atoms with Crippen molar-refractivity contribution in [3.63, 3.8) is 0 Å². The van der Waals surface area contributed by atoms with Gasteiger partial charge in [-0.15, -0.1) is 0 Å². The molecule has 0 fully saturated rings. The van der Waals surface area contributed by atoms with Crippen molar-refractivity contribution < 1.29 is 14.6 Å². The fourth-order valence-corrected chi connectivity index (χ4v) is 1.16. The highest BCUT2D eigenvalue weighted by atomic mass is 16.5. The van der Waals surface area contributed by atoms with E-state index >= 15 is 0 Å². The Balaban J connectivity index is 2.88. The molecule has 0 radical (unpaired) electrons. The number of carbonyl (C=O) groups is 1. The molecule has 0 aromatic rings. The topological polar surface area (TPSA) is 58.6 Å². The summed E-state index contributed by atoms with van der Waals surface area (Å²) in [5.74, 6) is -0.716. The van der Waals surface area contributed by atoms with Gasteiger partial charge in [0.05, 0.1) is 0 Å². The summed E-state index contributed by atoms with van der Waals surface area (Å²) in [4.78, 5) is 10.2. The second kappa shape index (κ2) is 10.5. The van der Waals surface area contributed by atoms with Gasteiger partial charge in [-0.25, -0.2) is 0 Å². The first-order chi connectivity index (χ1) is 6.77. The molecule has 0 unspecified atom stereocenters. The quantitative estimate of drug-likeness (QED) is 0.525. The molecule has 4 heteroatoms. The van der Waals surface area contributed by atoms with Gasteiger partial charge in [-0.2, -0.15) is 0 Å². The van der Waals surface area contributed by atoms with Crippen LogP contribution in [0.3, 0.4) is 0 Å². The van der Waals surface area contributed by atoms with E-state index in [-0.39, 0.29) is 6.42 Å². The number of aliphatic carboxylic acids is 1. The van der Waals surface area contributed by atoms with Crippen LogP contribution in [0.2, 0.25) is 0 Å². The number of unbranched alkanes of at least 4 members (excludes halogenated alkanes) is 2. The highest BCUT2D eigenvalue weighted by Crippen LogP contribution is 1.94. The van der Waals surface area contributed by atoms with Gasteiger partial charge >= 0.3 is 5.97 Å². The predicted molar refractivity (Wildman–Crippen MR) is 55.5 cm³/mol. The Kier molecular flexibility index (Phi) is 10.0. The molecule has 0 amide bonds. The Morgan fingerprint density at radius 1 is 1.21 bits per heavy atom. The van der Waals surface area contributed by atoms with Gasteiger partial charge in [-0.3, -0.25) is 4.79 Å². The van der Waals surface area contributed by atoms with Gasteiger partial charge in [0.1, 0.15) is 0 Å². The Morgan fingerprint density at radius 3 is 2.57 bits per heavy atom. The summed E-state index contributed by atoms with van der Waals surface area (Å²) in [6.07, 6.45) is 4.38. The van der Waals surface area contributed by atoms with E-state index in [1.165, 1.54) is 6.42 Å². The van der Waals surface area contributed by atoms with Crippen LogP contribution in [0, 0.1) is 0 Å². The normalized spacial score (nSPS) is 10.4. The number of ether oxygens (including phenoxy) is 1. The van der Waals surface area contributed by atoms with Gasteiger partial charge in [0.15, 0.2) is 0 Å². The number of hydrogen-bond donors (Lipinski definition) is 2. The summed E-state index contributed by atoms with van der Waals surface area (Å²) in [5, 5.41) is 11.6. The minimum Gasteiger partial charge on any atom is -0.481 e. The predicted octanol–water partition coefficient (Wildman–Crippen LogP) is 1.26. The zero-order valence-electron chi connectivity index (χ0n) is 8.92. The van der Waals surface area contributed by atoms with Gasteiger partial charge in [0, 0.05) is 20.1 Å². The fourth-order valence-electron chi connectivity index (χ4n) is 1.16. The van der Waals surface area contributed by atoms with E-state index in [0.717, 1.165) is 32.5 Å². The summed E-state index contributed by atoms with van der Waals surface area (Å²) in [6, 6.07) is 0. The molecule has 0 aromatic heterocycles. The maximum Gasteiger partial charge on any atom is 0.303 e. The summed E-state index contributed by atoms with van der Waals surface area (Å²) >= 11 is 0. The molecule has 0 saturated carbocycles.